The van der Waals surface area contributed by atoms with Crippen LogP contribution >= 0.6 is 11.8 Å². The number of unbranched alkanes of at least 4 members (excludes halogenated alkanes) is 3. The van der Waals surface area contributed by atoms with Gasteiger partial charge in [-0.1, -0.05) is 31.1 Å². The van der Waals surface area contributed by atoms with Gasteiger partial charge in [0, 0.05) is 16.7 Å². The first kappa shape index (κ1) is 15.3. The third kappa shape index (κ3) is 6.22. The standard InChI is InChI=1S/C15H22FNS/c1-2-3-4-5-6-9-13(17)12-18-15-11-8-7-10-14(15)16/h2,7-8,10-11,13H,1,3-6,9,12,17H2. The van der Waals surface area contributed by atoms with E-state index in [0.717, 1.165) is 25.0 Å². The molecule has 0 aromatic heterocycles. The molecule has 0 saturated carbocycles. The summed E-state index contributed by atoms with van der Waals surface area (Å²) in [4.78, 5) is 0.694. The second-order valence-corrected chi connectivity index (χ2v) is 5.49. The van der Waals surface area contributed by atoms with Crippen LogP contribution in [0.1, 0.15) is 32.1 Å². The van der Waals surface area contributed by atoms with Crippen molar-refractivity contribution in [2.75, 3.05) is 5.75 Å². The van der Waals surface area contributed by atoms with Crippen molar-refractivity contribution in [1.82, 2.24) is 0 Å². The lowest BCUT2D eigenvalue weighted by Crippen LogP contribution is -2.22. The highest BCUT2D eigenvalue weighted by atomic mass is 32.2. The second-order valence-electron chi connectivity index (χ2n) is 4.43. The summed E-state index contributed by atoms with van der Waals surface area (Å²) >= 11 is 1.51. The molecule has 0 saturated heterocycles. The van der Waals surface area contributed by atoms with Crippen LogP contribution in [0.2, 0.25) is 0 Å². The monoisotopic (exact) mass is 267 g/mol. The van der Waals surface area contributed by atoms with Crippen molar-refractivity contribution < 1.29 is 4.39 Å². The maximum absolute atomic E-state index is 13.4. The molecule has 18 heavy (non-hydrogen) atoms. The lowest BCUT2D eigenvalue weighted by Gasteiger charge is -2.11. The van der Waals surface area contributed by atoms with E-state index in [4.69, 9.17) is 5.73 Å². The van der Waals surface area contributed by atoms with Gasteiger partial charge in [-0.25, -0.2) is 4.39 Å². The highest BCUT2D eigenvalue weighted by molar-refractivity contribution is 7.99. The summed E-state index contributed by atoms with van der Waals surface area (Å²) < 4.78 is 13.4. The van der Waals surface area contributed by atoms with Crippen LogP contribution in [0.25, 0.3) is 0 Å². The van der Waals surface area contributed by atoms with E-state index in [2.05, 4.69) is 6.58 Å². The largest absolute Gasteiger partial charge is 0.327 e. The third-order valence-corrected chi connectivity index (χ3v) is 4.01. The lowest BCUT2D eigenvalue weighted by molar-refractivity contribution is 0.584. The van der Waals surface area contributed by atoms with E-state index in [1.54, 1.807) is 12.1 Å². The van der Waals surface area contributed by atoms with Crippen LogP contribution in [0, 0.1) is 5.82 Å². The Bertz CT molecular complexity index is 354. The van der Waals surface area contributed by atoms with E-state index in [-0.39, 0.29) is 11.9 Å². The van der Waals surface area contributed by atoms with Crippen LogP contribution in [0.15, 0.2) is 41.8 Å². The Morgan fingerprint density at radius 1 is 1.28 bits per heavy atom. The molecule has 1 atom stereocenters. The molecule has 1 rings (SSSR count). The Hall–Kier alpha value is -0.800. The van der Waals surface area contributed by atoms with Crippen molar-refractivity contribution in [2.24, 2.45) is 5.73 Å². The highest BCUT2D eigenvalue weighted by Crippen LogP contribution is 2.22. The smallest absolute Gasteiger partial charge is 0.136 e. The molecule has 0 spiro atoms. The van der Waals surface area contributed by atoms with Crippen molar-refractivity contribution in [3.05, 3.63) is 42.7 Å². The summed E-state index contributed by atoms with van der Waals surface area (Å²) in [5, 5.41) is 0. The normalized spacial score (nSPS) is 12.3. The van der Waals surface area contributed by atoms with Crippen molar-refractivity contribution in [3.8, 4) is 0 Å². The maximum Gasteiger partial charge on any atom is 0.136 e. The van der Waals surface area contributed by atoms with E-state index in [1.807, 2.05) is 12.1 Å². The molecule has 1 nitrogen and oxygen atoms in total. The molecule has 0 heterocycles. The Labute approximate surface area is 114 Å². The van der Waals surface area contributed by atoms with Gasteiger partial charge in [0.2, 0.25) is 0 Å². The number of allylic oxidation sites excluding steroid dienone is 1. The Balaban J connectivity index is 2.15. The molecule has 1 unspecified atom stereocenters. The number of rotatable bonds is 9. The van der Waals surface area contributed by atoms with Gasteiger partial charge in [-0.2, -0.15) is 0 Å². The first-order chi connectivity index (χ1) is 8.74. The number of hydrogen-bond acceptors (Lipinski definition) is 2. The van der Waals surface area contributed by atoms with E-state index in [1.165, 1.54) is 30.7 Å². The Kier molecular flexibility index (Phi) is 7.78. The topological polar surface area (TPSA) is 26.0 Å². The molecule has 0 bridgehead atoms. The fourth-order valence-corrected chi connectivity index (χ4v) is 2.65. The molecule has 0 aliphatic heterocycles. The van der Waals surface area contributed by atoms with Gasteiger partial charge in [-0.3, -0.25) is 0 Å². The van der Waals surface area contributed by atoms with Gasteiger partial charge < -0.3 is 5.73 Å². The predicted molar refractivity (Wildman–Crippen MR) is 78.4 cm³/mol. The van der Waals surface area contributed by atoms with Gasteiger partial charge in [-0.15, -0.1) is 18.3 Å². The molecule has 0 fully saturated rings. The van der Waals surface area contributed by atoms with Crippen LogP contribution in [0.4, 0.5) is 4.39 Å². The van der Waals surface area contributed by atoms with Gasteiger partial charge >= 0.3 is 0 Å². The van der Waals surface area contributed by atoms with Crippen LogP contribution in [-0.4, -0.2) is 11.8 Å². The van der Waals surface area contributed by atoms with Crippen LogP contribution < -0.4 is 5.73 Å². The summed E-state index contributed by atoms with van der Waals surface area (Å²) in [5.74, 6) is 0.628. The number of hydrogen-bond donors (Lipinski definition) is 1. The maximum atomic E-state index is 13.4. The van der Waals surface area contributed by atoms with E-state index < -0.39 is 0 Å². The Morgan fingerprint density at radius 3 is 2.78 bits per heavy atom. The second kappa shape index (κ2) is 9.17. The zero-order valence-electron chi connectivity index (χ0n) is 10.8. The van der Waals surface area contributed by atoms with Crippen molar-refractivity contribution in [3.63, 3.8) is 0 Å². The number of halogens is 1. The van der Waals surface area contributed by atoms with Gasteiger partial charge in [-0.05, 0) is 31.4 Å². The first-order valence-electron chi connectivity index (χ1n) is 6.48. The molecule has 3 heteroatoms. The minimum Gasteiger partial charge on any atom is -0.327 e. The predicted octanol–water partition coefficient (Wildman–Crippen LogP) is 4.38. The number of thioether (sulfide) groups is 1. The fourth-order valence-electron chi connectivity index (χ4n) is 1.71. The zero-order valence-corrected chi connectivity index (χ0v) is 11.6. The average molecular weight is 267 g/mol. The van der Waals surface area contributed by atoms with E-state index in [9.17, 15) is 4.39 Å². The van der Waals surface area contributed by atoms with Gasteiger partial charge in [0.05, 0.1) is 0 Å². The van der Waals surface area contributed by atoms with Crippen molar-refractivity contribution in [2.45, 2.75) is 43.0 Å². The number of nitrogens with two attached hydrogens (primary N) is 1. The fraction of sp³-hybridized carbons (Fsp3) is 0.467. The molecule has 0 aliphatic rings. The summed E-state index contributed by atoms with van der Waals surface area (Å²) in [6.07, 6.45) is 7.58. The minimum atomic E-state index is -0.152. The van der Waals surface area contributed by atoms with Crippen LogP contribution in [0.5, 0.6) is 0 Å². The molecule has 0 radical (unpaired) electrons. The molecule has 0 amide bonds. The SMILES string of the molecule is C=CCCCCCC(N)CSc1ccccc1F. The number of benzene rings is 1. The summed E-state index contributed by atoms with van der Waals surface area (Å²) in [7, 11) is 0. The molecule has 0 aliphatic carbocycles. The molecule has 1 aromatic carbocycles. The van der Waals surface area contributed by atoms with Gasteiger partial charge in [0.1, 0.15) is 5.82 Å². The zero-order chi connectivity index (χ0) is 13.2. The highest BCUT2D eigenvalue weighted by Gasteiger charge is 2.06. The minimum absolute atomic E-state index is 0.151. The molecular weight excluding hydrogens is 245 g/mol. The summed E-state index contributed by atoms with van der Waals surface area (Å²) in [6.45, 7) is 3.70. The molecule has 1 aromatic rings. The average Bonchev–Trinajstić information content (AvgIpc) is 2.37. The van der Waals surface area contributed by atoms with Gasteiger partial charge in [0.25, 0.3) is 0 Å². The van der Waals surface area contributed by atoms with Gasteiger partial charge in [0.15, 0.2) is 0 Å². The Morgan fingerprint density at radius 2 is 2.06 bits per heavy atom. The van der Waals surface area contributed by atoms with Crippen molar-refractivity contribution in [1.29, 1.82) is 0 Å². The van der Waals surface area contributed by atoms with Crippen molar-refractivity contribution >= 4 is 11.8 Å². The first-order valence-corrected chi connectivity index (χ1v) is 7.46. The molecule has 100 valence electrons. The third-order valence-electron chi connectivity index (χ3n) is 2.77. The molecular formula is C15H22FNS. The quantitative estimate of drug-likeness (QED) is 0.408. The summed E-state index contributed by atoms with van der Waals surface area (Å²) in [6, 6.07) is 7.00. The van der Waals surface area contributed by atoms with Crippen LogP contribution in [-0.2, 0) is 0 Å². The lowest BCUT2D eigenvalue weighted by atomic mass is 10.1. The molecule has 2 N–H and O–H groups in total. The van der Waals surface area contributed by atoms with E-state index in [0.29, 0.717) is 4.90 Å². The summed E-state index contributed by atoms with van der Waals surface area (Å²) in [5.41, 5.74) is 6.02. The van der Waals surface area contributed by atoms with E-state index >= 15 is 0 Å². The van der Waals surface area contributed by atoms with Crippen LogP contribution in [0.3, 0.4) is 0 Å².